The molecule has 0 unspecified atom stereocenters. The fourth-order valence-corrected chi connectivity index (χ4v) is 5.91. The van der Waals surface area contributed by atoms with Crippen molar-refractivity contribution in [1.82, 2.24) is 10.3 Å². The number of carbonyl (C=O) groups excluding carboxylic acids is 2. The van der Waals surface area contributed by atoms with E-state index in [0.717, 1.165) is 48.1 Å². The number of rotatable bonds is 11. The van der Waals surface area contributed by atoms with Gasteiger partial charge in [0.15, 0.2) is 11.5 Å². The fourth-order valence-electron chi connectivity index (χ4n) is 5.61. The molecule has 2 aliphatic carbocycles. The molecule has 2 fully saturated rings. The number of nitrogens with zero attached hydrogens (tertiary/aromatic N) is 2. The van der Waals surface area contributed by atoms with Crippen LogP contribution in [-0.4, -0.2) is 22.1 Å². The summed E-state index contributed by atoms with van der Waals surface area (Å²) in [6.45, 7) is 4.15. The minimum absolute atomic E-state index is 0. The molecule has 0 radical (unpaired) electrons. The molecular weight excluding hydrogens is 515 g/mol. The quantitative estimate of drug-likeness (QED) is 0.340. The van der Waals surface area contributed by atoms with Crippen molar-refractivity contribution in [3.63, 3.8) is 0 Å². The molecule has 0 bridgehead atoms. The van der Waals surface area contributed by atoms with E-state index in [1.54, 1.807) is 0 Å². The third-order valence-corrected chi connectivity index (χ3v) is 8.29. The topological polar surface area (TPSA) is 109 Å². The molecule has 0 spiro atoms. The summed E-state index contributed by atoms with van der Waals surface area (Å²) < 4.78 is 11.6. The summed E-state index contributed by atoms with van der Waals surface area (Å²) in [7, 11) is 0. The summed E-state index contributed by atoms with van der Waals surface area (Å²) in [4.78, 5) is 24.5. The summed E-state index contributed by atoms with van der Waals surface area (Å²) in [5, 5.41) is 20.6. The van der Waals surface area contributed by atoms with Crippen LogP contribution in [0.2, 0.25) is 5.02 Å². The van der Waals surface area contributed by atoms with Gasteiger partial charge in [0, 0.05) is 46.8 Å². The summed E-state index contributed by atoms with van der Waals surface area (Å²) in [6.07, 6.45) is 6.86. The summed E-state index contributed by atoms with van der Waals surface area (Å²) >= 11 is 6.35. The summed E-state index contributed by atoms with van der Waals surface area (Å²) in [5.74, 6) is 0.104. The molecule has 0 saturated heterocycles. The second kappa shape index (κ2) is 12.1. The van der Waals surface area contributed by atoms with E-state index in [4.69, 9.17) is 20.6 Å². The van der Waals surface area contributed by atoms with Gasteiger partial charge >= 0.3 is 29.6 Å². The van der Waals surface area contributed by atoms with Gasteiger partial charge in [0.1, 0.15) is 11.5 Å². The normalized spacial score (nSPS) is 17.2. The largest absolute Gasteiger partial charge is 1.00 e. The zero-order valence-electron chi connectivity index (χ0n) is 22.3. The third kappa shape index (κ3) is 6.44. The molecule has 5 rings (SSSR count). The van der Waals surface area contributed by atoms with E-state index in [0.29, 0.717) is 22.2 Å². The minimum Gasteiger partial charge on any atom is -0.550 e. The van der Waals surface area contributed by atoms with Crippen molar-refractivity contribution in [2.24, 2.45) is 0 Å². The van der Waals surface area contributed by atoms with Gasteiger partial charge < -0.3 is 18.9 Å². The monoisotopic (exact) mass is 546 g/mol. The van der Waals surface area contributed by atoms with Gasteiger partial charge in [-0.3, -0.25) is 4.79 Å². The number of aromatic nitrogens is 2. The predicted octanol–water partition coefficient (Wildman–Crippen LogP) is 2.82. The van der Waals surface area contributed by atoms with Gasteiger partial charge in [0.2, 0.25) is 0 Å². The average molecular weight is 547 g/mol. The molecule has 196 valence electrons. The first-order valence-electron chi connectivity index (χ1n) is 13.2. The van der Waals surface area contributed by atoms with Crippen LogP contribution in [0, 0.1) is 6.92 Å². The zero-order chi connectivity index (χ0) is 26.2. The molecule has 0 N–H and O–H groups in total. The van der Waals surface area contributed by atoms with Gasteiger partial charge in [0.05, 0.1) is 5.69 Å². The number of hydrogen-bond donors (Lipinski definition) is 0. The van der Waals surface area contributed by atoms with Crippen LogP contribution in [0.1, 0.15) is 105 Å². The Morgan fingerprint density at radius 1 is 1.16 bits per heavy atom. The molecule has 0 aliphatic heterocycles. The Balaban J connectivity index is 0.00000336. The second-order valence-electron chi connectivity index (χ2n) is 11.1. The molecule has 1 atom stereocenters. The van der Waals surface area contributed by atoms with Crippen LogP contribution in [0.4, 0.5) is 0 Å². The van der Waals surface area contributed by atoms with Gasteiger partial charge in [-0.1, -0.05) is 53.8 Å². The maximum atomic E-state index is 13.1. The van der Waals surface area contributed by atoms with E-state index in [9.17, 15) is 14.7 Å². The van der Waals surface area contributed by atoms with E-state index >= 15 is 0 Å². The van der Waals surface area contributed by atoms with Gasteiger partial charge in [-0.15, -0.1) is 0 Å². The number of carboxylic acids is 1. The van der Waals surface area contributed by atoms with Crippen LogP contribution < -0.4 is 34.7 Å². The van der Waals surface area contributed by atoms with Crippen molar-refractivity contribution in [3.8, 4) is 11.5 Å². The first kappa shape index (κ1) is 29.1. The molecule has 2 aliphatic rings. The fraction of sp³-hybridized carbons (Fsp3) is 0.517. The van der Waals surface area contributed by atoms with Crippen molar-refractivity contribution in [3.05, 3.63) is 57.4 Å². The molecule has 2 saturated carbocycles. The van der Waals surface area contributed by atoms with Crippen LogP contribution in [0.15, 0.2) is 33.3 Å². The Hall–Kier alpha value is -1.93. The molecule has 38 heavy (non-hydrogen) atoms. The number of hydrogen-bond acceptors (Lipinski definition) is 7. The average Bonchev–Trinajstić information content (AvgIpc) is 3.22. The van der Waals surface area contributed by atoms with Crippen molar-refractivity contribution < 1.29 is 53.3 Å². The van der Waals surface area contributed by atoms with E-state index in [1.807, 2.05) is 31.2 Å². The molecule has 7 nitrogen and oxygen atoms in total. The smallest absolute Gasteiger partial charge is 0.550 e. The Labute approximate surface area is 250 Å². The van der Waals surface area contributed by atoms with Crippen molar-refractivity contribution in [2.75, 3.05) is 0 Å². The second-order valence-corrected chi connectivity index (χ2v) is 11.5. The Kier molecular flexibility index (Phi) is 9.23. The Morgan fingerprint density at radius 3 is 2.55 bits per heavy atom. The number of benzene rings is 1. The first-order chi connectivity index (χ1) is 17.7. The molecule has 0 amide bonds. The van der Waals surface area contributed by atoms with Gasteiger partial charge in [-0.25, -0.2) is 0 Å². The van der Waals surface area contributed by atoms with Crippen LogP contribution in [0.3, 0.4) is 0 Å². The number of ketones is 1. The van der Waals surface area contributed by atoms with Crippen LogP contribution in [-0.2, 0) is 21.4 Å². The Morgan fingerprint density at radius 2 is 1.89 bits per heavy atom. The molecule has 2 heterocycles. The molecule has 1 aromatic carbocycles. The maximum Gasteiger partial charge on any atom is 1.00 e. The standard InChI is InChI=1S/C29H33ClN2O5.Na/c1-17-5-6-19(22(30)13-17)14-21(33)15-20(9-10-25(34)35)27-26(18-7-8-18)28(37-32-27)23-16-24(36-31-23)29(2)11-3-4-12-29;/h5-6,13,16,18,20H,3-4,7-12,14-15H2,1-2H3,(H,34,35);/q;+1/p-1/t20-;/m0./s1. The molecular formula is C29H32ClN2NaO5. The maximum absolute atomic E-state index is 13.1. The van der Waals surface area contributed by atoms with E-state index in [1.165, 1.54) is 12.8 Å². The van der Waals surface area contributed by atoms with E-state index in [2.05, 4.69) is 17.2 Å². The number of halogens is 1. The molecule has 2 aromatic heterocycles. The molecule has 9 heteroatoms. The number of aryl methyl sites for hydroxylation is 1. The third-order valence-electron chi connectivity index (χ3n) is 7.94. The molecule has 3 aromatic rings. The van der Waals surface area contributed by atoms with Crippen LogP contribution in [0.25, 0.3) is 11.5 Å². The Bertz CT molecular complexity index is 1310. The van der Waals surface area contributed by atoms with Gasteiger partial charge in [-0.2, -0.15) is 0 Å². The van der Waals surface area contributed by atoms with E-state index < -0.39 is 11.9 Å². The van der Waals surface area contributed by atoms with E-state index in [-0.39, 0.29) is 72.4 Å². The van der Waals surface area contributed by atoms with Gasteiger partial charge in [0.25, 0.3) is 0 Å². The summed E-state index contributed by atoms with van der Waals surface area (Å²) in [6, 6.07) is 7.59. The summed E-state index contributed by atoms with van der Waals surface area (Å²) in [5.41, 5.74) is 3.96. The SMILES string of the molecule is Cc1ccc(CC(=O)C[C@H](CCC(=O)[O-])c2noc(-c3cc(C4(C)CCCC4)on3)c2C2CC2)c(Cl)c1.[Na+]. The number of carboxylic acid groups (broad SMARTS) is 1. The van der Waals surface area contributed by atoms with Crippen molar-refractivity contribution in [2.45, 2.75) is 95.3 Å². The first-order valence-corrected chi connectivity index (χ1v) is 13.5. The predicted molar refractivity (Wildman–Crippen MR) is 136 cm³/mol. The number of carbonyl (C=O) groups is 2. The van der Waals surface area contributed by atoms with Crippen molar-refractivity contribution >= 4 is 23.4 Å². The van der Waals surface area contributed by atoms with Crippen LogP contribution >= 0.6 is 11.6 Å². The van der Waals surface area contributed by atoms with Crippen LogP contribution in [0.5, 0.6) is 0 Å². The van der Waals surface area contributed by atoms with Crippen molar-refractivity contribution in [1.29, 1.82) is 0 Å². The minimum atomic E-state index is -1.15. The number of Topliss-reactive ketones (excluding diaryl/α,β-unsaturated/α-hetero) is 1. The zero-order valence-corrected chi connectivity index (χ0v) is 25.1. The van der Waals surface area contributed by atoms with Gasteiger partial charge in [-0.05, 0) is 68.6 Å². The number of aliphatic carboxylic acids is 1.